The van der Waals surface area contributed by atoms with Gasteiger partial charge in [0.1, 0.15) is 5.75 Å². The molecule has 2 aliphatic carbocycles. The number of fused-ring (bicyclic) bond motifs is 4. The van der Waals surface area contributed by atoms with Gasteiger partial charge in [-0.1, -0.05) is 41.4 Å². The van der Waals surface area contributed by atoms with Crippen LogP contribution >= 0.6 is 11.6 Å². The lowest BCUT2D eigenvalue weighted by atomic mass is 9.51. The van der Waals surface area contributed by atoms with E-state index < -0.39 is 63.6 Å². The Morgan fingerprint density at radius 1 is 0.886 bits per heavy atom. The number of nitrogens with zero attached hydrogens (tertiary/aromatic N) is 3. The molecule has 1 saturated carbocycles. The summed E-state index contributed by atoms with van der Waals surface area (Å²) in [6, 6.07) is 18.4. The van der Waals surface area contributed by atoms with E-state index in [-0.39, 0.29) is 30.0 Å². The fourth-order valence-electron chi connectivity index (χ4n) is 7.92. The van der Waals surface area contributed by atoms with Crippen LogP contribution in [0.5, 0.6) is 5.75 Å². The highest BCUT2D eigenvalue weighted by molar-refractivity contribution is 6.30. The van der Waals surface area contributed by atoms with Crippen LogP contribution in [0.25, 0.3) is 0 Å². The van der Waals surface area contributed by atoms with Crippen molar-refractivity contribution in [1.82, 2.24) is 0 Å². The van der Waals surface area contributed by atoms with Crippen LogP contribution in [0.2, 0.25) is 5.02 Å². The molecule has 0 aromatic heterocycles. The molecule has 44 heavy (non-hydrogen) atoms. The number of hydrogen-bond donors (Lipinski definition) is 1. The molecule has 0 unspecified atom stereocenters. The molecule has 0 spiro atoms. The normalized spacial score (nSPS) is 29.3. The van der Waals surface area contributed by atoms with E-state index in [2.05, 4.69) is 0 Å². The number of amides is 4. The van der Waals surface area contributed by atoms with Crippen molar-refractivity contribution in [3.63, 3.8) is 0 Å². The first-order chi connectivity index (χ1) is 21.0. The largest absolute Gasteiger partial charge is 0.508 e. The number of imide groups is 2. The number of allylic oxidation sites excluding steroid dienone is 2. The summed E-state index contributed by atoms with van der Waals surface area (Å²) in [7, 11) is 0. The summed E-state index contributed by atoms with van der Waals surface area (Å²) in [5, 5.41) is 22.6. The number of benzene rings is 3. The van der Waals surface area contributed by atoms with Crippen molar-refractivity contribution in [3.05, 3.63) is 105 Å². The molecule has 11 heteroatoms. The maximum atomic E-state index is 14.4. The number of anilines is 2. The summed E-state index contributed by atoms with van der Waals surface area (Å²) in [5.74, 6) is -5.54. The minimum absolute atomic E-state index is 0.0946. The Morgan fingerprint density at radius 3 is 2.25 bits per heavy atom. The van der Waals surface area contributed by atoms with E-state index in [1.807, 2.05) is 6.08 Å². The standard InChI is InChI=1S/C33H26ClN3O7/c1-33-25(30(40)36(32(33)42)18-5-3-2-4-6-18)16-23-21(28(33)24-15-17(34)7-14-26(24)38)12-13-22-27(23)31(41)35(29(22)39)19-8-10-20(11-9-19)37(43)44/h2-12,14-15,22-23,25,27-28,38H,13,16H2,1H3/t22-,23+,25-,27-,28+,33+/m0/s1. The monoisotopic (exact) mass is 611 g/mol. The molecule has 0 bridgehead atoms. The van der Waals surface area contributed by atoms with Gasteiger partial charge < -0.3 is 5.11 Å². The summed E-state index contributed by atoms with van der Waals surface area (Å²) in [5.41, 5.74) is 0.266. The summed E-state index contributed by atoms with van der Waals surface area (Å²) >= 11 is 6.40. The summed E-state index contributed by atoms with van der Waals surface area (Å²) in [6.45, 7) is 1.74. The number of carbonyl (C=O) groups excluding carboxylic acids is 4. The molecule has 10 nitrogen and oxygen atoms in total. The lowest BCUT2D eigenvalue weighted by molar-refractivity contribution is -0.384. The maximum absolute atomic E-state index is 14.4. The zero-order chi connectivity index (χ0) is 31.1. The van der Waals surface area contributed by atoms with E-state index in [1.165, 1.54) is 41.3 Å². The highest BCUT2D eigenvalue weighted by Crippen LogP contribution is 2.64. The third kappa shape index (κ3) is 3.80. The van der Waals surface area contributed by atoms with Crippen LogP contribution < -0.4 is 9.80 Å². The molecule has 2 aliphatic heterocycles. The zero-order valence-corrected chi connectivity index (χ0v) is 24.2. The number of carbonyl (C=O) groups is 4. The quantitative estimate of drug-likeness (QED) is 0.181. The number of phenols is 1. The Morgan fingerprint density at radius 2 is 1.57 bits per heavy atom. The highest BCUT2D eigenvalue weighted by atomic mass is 35.5. The minimum Gasteiger partial charge on any atom is -0.508 e. The second kappa shape index (κ2) is 9.85. The number of nitro groups is 1. The number of aromatic hydroxyl groups is 1. The Labute approximate surface area is 256 Å². The number of hydrogen-bond acceptors (Lipinski definition) is 7. The predicted molar refractivity (Wildman–Crippen MR) is 160 cm³/mol. The van der Waals surface area contributed by atoms with Gasteiger partial charge in [0.25, 0.3) is 5.69 Å². The lowest BCUT2D eigenvalue weighted by Gasteiger charge is -2.49. The van der Waals surface area contributed by atoms with Crippen molar-refractivity contribution < 1.29 is 29.2 Å². The van der Waals surface area contributed by atoms with Crippen molar-refractivity contribution >= 4 is 52.3 Å². The average molecular weight is 612 g/mol. The van der Waals surface area contributed by atoms with Gasteiger partial charge in [0.05, 0.1) is 39.5 Å². The molecule has 3 aromatic rings. The van der Waals surface area contributed by atoms with Crippen LogP contribution in [0.3, 0.4) is 0 Å². The summed E-state index contributed by atoms with van der Waals surface area (Å²) < 4.78 is 0. The van der Waals surface area contributed by atoms with Crippen molar-refractivity contribution in [1.29, 1.82) is 0 Å². The molecule has 2 heterocycles. The molecule has 3 fully saturated rings. The Kier molecular flexibility index (Phi) is 6.26. The first kappa shape index (κ1) is 28.0. The van der Waals surface area contributed by atoms with Crippen molar-refractivity contribution in [2.45, 2.75) is 25.7 Å². The summed E-state index contributed by atoms with van der Waals surface area (Å²) in [4.78, 5) is 69.2. The van der Waals surface area contributed by atoms with Crippen LogP contribution in [-0.4, -0.2) is 33.7 Å². The van der Waals surface area contributed by atoms with Crippen LogP contribution in [0.1, 0.15) is 31.2 Å². The molecule has 1 N–H and O–H groups in total. The van der Waals surface area contributed by atoms with Crippen LogP contribution in [0, 0.1) is 39.2 Å². The van der Waals surface area contributed by atoms with E-state index in [0.717, 1.165) is 4.90 Å². The number of rotatable bonds is 4. The van der Waals surface area contributed by atoms with E-state index in [1.54, 1.807) is 43.3 Å². The molecule has 2 saturated heterocycles. The number of nitro benzene ring substituents is 1. The maximum Gasteiger partial charge on any atom is 0.269 e. The second-order valence-corrected chi connectivity index (χ2v) is 12.4. The first-order valence-electron chi connectivity index (χ1n) is 14.3. The molecular weight excluding hydrogens is 586 g/mol. The van der Waals surface area contributed by atoms with Gasteiger partial charge in [-0.25, -0.2) is 4.90 Å². The van der Waals surface area contributed by atoms with Gasteiger partial charge in [0.15, 0.2) is 0 Å². The molecule has 3 aromatic carbocycles. The Hall–Kier alpha value is -4.83. The molecule has 6 atom stereocenters. The van der Waals surface area contributed by atoms with Crippen molar-refractivity contribution in [2.24, 2.45) is 29.1 Å². The second-order valence-electron chi connectivity index (χ2n) is 12.0. The van der Waals surface area contributed by atoms with E-state index in [0.29, 0.717) is 21.8 Å². The highest BCUT2D eigenvalue weighted by Gasteiger charge is 2.68. The van der Waals surface area contributed by atoms with E-state index >= 15 is 0 Å². The summed E-state index contributed by atoms with van der Waals surface area (Å²) in [6.07, 6.45) is 2.25. The first-order valence-corrected chi connectivity index (χ1v) is 14.7. The van der Waals surface area contributed by atoms with Crippen LogP contribution in [0.4, 0.5) is 17.1 Å². The number of phenolic OH excluding ortho intramolecular Hbond substituents is 1. The van der Waals surface area contributed by atoms with Gasteiger partial charge in [-0.3, -0.25) is 34.2 Å². The average Bonchev–Trinajstić information content (AvgIpc) is 3.38. The van der Waals surface area contributed by atoms with Gasteiger partial charge in [0.2, 0.25) is 23.6 Å². The predicted octanol–water partition coefficient (Wildman–Crippen LogP) is 5.39. The van der Waals surface area contributed by atoms with Crippen molar-refractivity contribution in [3.8, 4) is 5.75 Å². The molecule has 222 valence electrons. The lowest BCUT2D eigenvalue weighted by Crippen LogP contribution is -2.48. The SMILES string of the molecule is C[C@@]12C(=O)N(c3ccccc3)C(=O)[C@@H]1C[C@@H]1C(=CC[C@@H]3C(=O)N(c4ccc([N+](=O)[O-])cc4)C(=O)[C@@H]31)[C@@H]2c1cc(Cl)ccc1O. The number of para-hydroxylation sites is 1. The number of halogens is 1. The van der Waals surface area contributed by atoms with Crippen LogP contribution in [0.15, 0.2) is 84.4 Å². The molecule has 7 rings (SSSR count). The molecule has 4 aliphatic rings. The topological polar surface area (TPSA) is 138 Å². The van der Waals surface area contributed by atoms with E-state index in [9.17, 15) is 34.4 Å². The number of non-ortho nitro benzene ring substituents is 1. The Balaban J connectivity index is 1.36. The van der Waals surface area contributed by atoms with Gasteiger partial charge in [-0.15, -0.1) is 0 Å². The van der Waals surface area contributed by atoms with Gasteiger partial charge in [-0.2, -0.15) is 0 Å². The van der Waals surface area contributed by atoms with Gasteiger partial charge >= 0.3 is 0 Å². The third-order valence-electron chi connectivity index (χ3n) is 9.91. The fraction of sp³-hybridized carbons (Fsp3) is 0.273. The third-order valence-corrected chi connectivity index (χ3v) is 10.1. The Bertz CT molecular complexity index is 1810. The molecule has 4 amide bonds. The molecular formula is C33H26ClN3O7. The fourth-order valence-corrected chi connectivity index (χ4v) is 8.10. The van der Waals surface area contributed by atoms with Gasteiger partial charge in [-0.05, 0) is 68.1 Å². The van der Waals surface area contributed by atoms with Crippen LogP contribution in [-0.2, 0) is 19.2 Å². The van der Waals surface area contributed by atoms with Gasteiger partial charge in [0, 0.05) is 28.6 Å². The smallest absolute Gasteiger partial charge is 0.269 e. The molecule has 0 radical (unpaired) electrons. The minimum atomic E-state index is -1.31. The zero-order valence-electron chi connectivity index (χ0n) is 23.4. The van der Waals surface area contributed by atoms with E-state index in [4.69, 9.17) is 11.6 Å². The van der Waals surface area contributed by atoms with Crippen molar-refractivity contribution in [2.75, 3.05) is 9.80 Å².